The second kappa shape index (κ2) is 5.67. The SMILES string of the molecule is CC(O)c1ccc(OC(=O)NCC(F)(F)F)nc1. The first-order valence-corrected chi connectivity index (χ1v) is 4.94. The Hall–Kier alpha value is -1.83. The van der Waals surface area contributed by atoms with Gasteiger partial charge in [0.2, 0.25) is 5.88 Å². The lowest BCUT2D eigenvalue weighted by Gasteiger charge is -2.09. The van der Waals surface area contributed by atoms with Crippen LogP contribution in [0.5, 0.6) is 5.88 Å². The number of ether oxygens (including phenoxy) is 1. The number of halogens is 3. The molecule has 0 saturated carbocycles. The Balaban J connectivity index is 2.50. The average Bonchev–Trinajstić information content (AvgIpc) is 2.26. The van der Waals surface area contributed by atoms with E-state index in [2.05, 4.69) is 9.72 Å². The fraction of sp³-hybridized carbons (Fsp3) is 0.400. The maximum Gasteiger partial charge on any atom is 0.414 e. The number of nitrogens with one attached hydrogen (secondary N) is 1. The zero-order chi connectivity index (χ0) is 13.8. The monoisotopic (exact) mass is 264 g/mol. The summed E-state index contributed by atoms with van der Waals surface area (Å²) in [4.78, 5) is 14.6. The molecule has 2 N–H and O–H groups in total. The maximum atomic E-state index is 11.8. The minimum Gasteiger partial charge on any atom is -0.391 e. The summed E-state index contributed by atoms with van der Waals surface area (Å²) >= 11 is 0. The zero-order valence-corrected chi connectivity index (χ0v) is 9.36. The molecule has 0 fully saturated rings. The second-order valence-electron chi connectivity index (χ2n) is 3.46. The highest BCUT2D eigenvalue weighted by Gasteiger charge is 2.28. The topological polar surface area (TPSA) is 71.5 Å². The van der Waals surface area contributed by atoms with Crippen molar-refractivity contribution in [3.8, 4) is 5.88 Å². The number of aliphatic hydroxyl groups is 1. The molecule has 0 spiro atoms. The predicted molar refractivity (Wildman–Crippen MR) is 55.0 cm³/mol. The van der Waals surface area contributed by atoms with Gasteiger partial charge < -0.3 is 15.2 Å². The lowest BCUT2D eigenvalue weighted by Crippen LogP contribution is -2.35. The summed E-state index contributed by atoms with van der Waals surface area (Å²) < 4.78 is 39.9. The number of alkyl halides is 3. The number of carbonyl (C=O) groups is 1. The van der Waals surface area contributed by atoms with E-state index in [4.69, 9.17) is 0 Å². The first-order valence-electron chi connectivity index (χ1n) is 4.94. The van der Waals surface area contributed by atoms with Gasteiger partial charge in [-0.05, 0) is 18.6 Å². The number of aromatic nitrogens is 1. The highest BCUT2D eigenvalue weighted by molar-refractivity contribution is 5.69. The van der Waals surface area contributed by atoms with Gasteiger partial charge in [0.05, 0.1) is 6.10 Å². The molecule has 0 radical (unpaired) electrons. The van der Waals surface area contributed by atoms with E-state index in [1.165, 1.54) is 30.6 Å². The van der Waals surface area contributed by atoms with Crippen molar-refractivity contribution < 1.29 is 27.8 Å². The lowest BCUT2D eigenvalue weighted by molar-refractivity contribution is -0.123. The number of hydrogen-bond donors (Lipinski definition) is 2. The zero-order valence-electron chi connectivity index (χ0n) is 9.36. The Morgan fingerprint density at radius 3 is 2.67 bits per heavy atom. The molecule has 18 heavy (non-hydrogen) atoms. The van der Waals surface area contributed by atoms with Crippen molar-refractivity contribution in [1.29, 1.82) is 0 Å². The van der Waals surface area contributed by atoms with Crippen molar-refractivity contribution in [1.82, 2.24) is 10.3 Å². The molecule has 5 nitrogen and oxygen atoms in total. The van der Waals surface area contributed by atoms with Crippen molar-refractivity contribution in [2.45, 2.75) is 19.2 Å². The number of aliphatic hydroxyl groups excluding tert-OH is 1. The van der Waals surface area contributed by atoms with Gasteiger partial charge >= 0.3 is 12.3 Å². The summed E-state index contributed by atoms with van der Waals surface area (Å²) in [6.07, 6.45) is -5.21. The van der Waals surface area contributed by atoms with Crippen LogP contribution in [0, 0.1) is 0 Å². The average molecular weight is 264 g/mol. The molecule has 1 aromatic heterocycles. The van der Waals surface area contributed by atoms with Crippen molar-refractivity contribution in [2.75, 3.05) is 6.54 Å². The molecular weight excluding hydrogens is 253 g/mol. The van der Waals surface area contributed by atoms with E-state index < -0.39 is 24.9 Å². The Morgan fingerprint density at radius 2 is 2.22 bits per heavy atom. The maximum absolute atomic E-state index is 11.8. The van der Waals surface area contributed by atoms with Crippen LogP contribution in [0.25, 0.3) is 0 Å². The molecule has 0 aromatic carbocycles. The van der Waals surface area contributed by atoms with E-state index in [-0.39, 0.29) is 5.88 Å². The highest BCUT2D eigenvalue weighted by atomic mass is 19.4. The highest BCUT2D eigenvalue weighted by Crippen LogP contribution is 2.15. The number of amides is 1. The third-order valence-electron chi connectivity index (χ3n) is 1.87. The quantitative estimate of drug-likeness (QED) is 0.873. The standard InChI is InChI=1S/C10H11F3N2O3/c1-6(16)7-2-3-8(14-4-7)18-9(17)15-5-10(11,12)13/h2-4,6,16H,5H2,1H3,(H,15,17). The number of pyridine rings is 1. The van der Waals surface area contributed by atoms with Gasteiger partial charge in [-0.3, -0.25) is 0 Å². The van der Waals surface area contributed by atoms with Crippen LogP contribution in [0.4, 0.5) is 18.0 Å². The molecule has 1 unspecified atom stereocenters. The van der Waals surface area contributed by atoms with Crippen LogP contribution in [0.3, 0.4) is 0 Å². The predicted octanol–water partition coefficient (Wildman–Crippen LogP) is 1.79. The minimum atomic E-state index is -4.50. The van der Waals surface area contributed by atoms with Crippen LogP contribution in [0.2, 0.25) is 0 Å². The van der Waals surface area contributed by atoms with Crippen LogP contribution < -0.4 is 10.1 Å². The van der Waals surface area contributed by atoms with Crippen LogP contribution in [0.1, 0.15) is 18.6 Å². The largest absolute Gasteiger partial charge is 0.414 e. The Morgan fingerprint density at radius 1 is 1.56 bits per heavy atom. The minimum absolute atomic E-state index is 0.154. The van der Waals surface area contributed by atoms with E-state index in [9.17, 15) is 23.1 Å². The number of carbonyl (C=O) groups excluding carboxylic acids is 1. The van der Waals surface area contributed by atoms with Gasteiger partial charge in [0.1, 0.15) is 6.54 Å². The van der Waals surface area contributed by atoms with Crippen LogP contribution in [0.15, 0.2) is 18.3 Å². The summed E-state index contributed by atoms with van der Waals surface area (Å²) in [7, 11) is 0. The van der Waals surface area contributed by atoms with Crippen LogP contribution in [-0.2, 0) is 0 Å². The molecule has 0 aliphatic rings. The molecule has 100 valence electrons. The normalized spacial score (nSPS) is 12.9. The van der Waals surface area contributed by atoms with Crippen molar-refractivity contribution in [3.05, 3.63) is 23.9 Å². The van der Waals surface area contributed by atoms with Crippen molar-refractivity contribution in [3.63, 3.8) is 0 Å². The smallest absolute Gasteiger partial charge is 0.391 e. The van der Waals surface area contributed by atoms with Gasteiger partial charge in [0, 0.05) is 12.3 Å². The number of nitrogens with zero attached hydrogens (tertiary/aromatic N) is 1. The molecular formula is C10H11F3N2O3. The van der Waals surface area contributed by atoms with Gasteiger partial charge in [0.25, 0.3) is 0 Å². The summed E-state index contributed by atoms with van der Waals surface area (Å²) in [6.45, 7) is 0.0468. The van der Waals surface area contributed by atoms with E-state index in [1.54, 1.807) is 0 Å². The lowest BCUT2D eigenvalue weighted by atomic mass is 10.2. The van der Waals surface area contributed by atoms with Gasteiger partial charge in [-0.1, -0.05) is 0 Å². The first kappa shape index (κ1) is 14.2. The van der Waals surface area contributed by atoms with Gasteiger partial charge in [0.15, 0.2) is 0 Å². The molecule has 1 amide bonds. The molecule has 1 heterocycles. The summed E-state index contributed by atoms with van der Waals surface area (Å²) in [5.41, 5.74) is 0.498. The fourth-order valence-corrected chi connectivity index (χ4v) is 1.00. The third-order valence-corrected chi connectivity index (χ3v) is 1.87. The van der Waals surface area contributed by atoms with E-state index in [0.717, 1.165) is 0 Å². The molecule has 0 saturated heterocycles. The van der Waals surface area contributed by atoms with E-state index in [0.29, 0.717) is 5.56 Å². The molecule has 1 rings (SSSR count). The molecule has 0 aliphatic carbocycles. The van der Waals surface area contributed by atoms with Crippen molar-refractivity contribution in [2.24, 2.45) is 0 Å². The van der Waals surface area contributed by atoms with Gasteiger partial charge in [-0.2, -0.15) is 13.2 Å². The van der Waals surface area contributed by atoms with E-state index in [1.807, 2.05) is 0 Å². The molecule has 1 atom stereocenters. The second-order valence-corrected chi connectivity index (χ2v) is 3.46. The molecule has 1 aromatic rings. The summed E-state index contributed by atoms with van der Waals surface area (Å²) in [5, 5.41) is 10.7. The number of rotatable bonds is 3. The Bertz CT molecular complexity index is 404. The third kappa shape index (κ3) is 5.00. The van der Waals surface area contributed by atoms with Crippen LogP contribution in [-0.4, -0.2) is 28.9 Å². The van der Waals surface area contributed by atoms with Crippen molar-refractivity contribution >= 4 is 6.09 Å². The van der Waals surface area contributed by atoms with Gasteiger partial charge in [-0.15, -0.1) is 0 Å². The first-order chi connectivity index (χ1) is 8.28. The van der Waals surface area contributed by atoms with E-state index >= 15 is 0 Å². The van der Waals surface area contributed by atoms with Crippen LogP contribution >= 0.6 is 0 Å². The van der Waals surface area contributed by atoms with Gasteiger partial charge in [-0.25, -0.2) is 9.78 Å². The molecule has 8 heteroatoms. The fourth-order valence-electron chi connectivity index (χ4n) is 1.00. The molecule has 0 aliphatic heterocycles. The number of hydrogen-bond acceptors (Lipinski definition) is 4. The Labute approximate surface area is 101 Å². The Kier molecular flexibility index (Phi) is 4.49. The summed E-state index contributed by atoms with van der Waals surface area (Å²) in [5.74, 6) is -0.154. The molecule has 0 bridgehead atoms. The summed E-state index contributed by atoms with van der Waals surface area (Å²) in [6, 6.07) is 2.72.